The van der Waals surface area contributed by atoms with E-state index in [0.717, 1.165) is 5.52 Å². The summed E-state index contributed by atoms with van der Waals surface area (Å²) < 4.78 is 10.9. The van der Waals surface area contributed by atoms with Crippen molar-refractivity contribution in [1.29, 1.82) is 0 Å². The van der Waals surface area contributed by atoms with Crippen molar-refractivity contribution >= 4 is 11.2 Å². The molecule has 0 aliphatic heterocycles. The zero-order chi connectivity index (χ0) is 11.4. The van der Waals surface area contributed by atoms with Crippen LogP contribution in [0.15, 0.2) is 12.5 Å². The van der Waals surface area contributed by atoms with Crippen molar-refractivity contribution in [2.24, 2.45) is 0 Å². The number of nitrogens with one attached hydrogen (secondary N) is 1. The Morgan fingerprint density at radius 1 is 1.31 bits per heavy atom. The molecule has 2 rings (SSSR count). The van der Waals surface area contributed by atoms with Gasteiger partial charge >= 0.3 is 0 Å². The lowest BCUT2D eigenvalue weighted by Gasteiger charge is -2.13. The molecule has 0 aliphatic rings. The number of hydrogen-bond donors (Lipinski definition) is 1. The molecule has 0 bridgehead atoms. The summed E-state index contributed by atoms with van der Waals surface area (Å²) >= 11 is 0. The van der Waals surface area contributed by atoms with Gasteiger partial charge in [-0.05, 0) is 13.8 Å². The molecule has 0 aliphatic carbocycles. The largest absolute Gasteiger partial charge is 0.346 e. The molecule has 6 heteroatoms. The van der Waals surface area contributed by atoms with Crippen LogP contribution in [0.5, 0.6) is 0 Å². The van der Waals surface area contributed by atoms with Gasteiger partial charge in [-0.25, -0.2) is 15.0 Å². The third-order valence-electron chi connectivity index (χ3n) is 2.04. The highest BCUT2D eigenvalue weighted by atomic mass is 16.7. The number of H-pyrrole nitrogens is 1. The molecular formula is C10H14N4O2. The van der Waals surface area contributed by atoms with Crippen LogP contribution < -0.4 is 0 Å². The molecule has 0 unspecified atom stereocenters. The Labute approximate surface area is 93.0 Å². The van der Waals surface area contributed by atoms with E-state index in [1.54, 1.807) is 6.20 Å². The Balaban J connectivity index is 2.29. The zero-order valence-corrected chi connectivity index (χ0v) is 9.30. The van der Waals surface area contributed by atoms with Crippen molar-refractivity contribution in [2.75, 3.05) is 13.2 Å². The predicted molar refractivity (Wildman–Crippen MR) is 57.7 cm³/mol. The van der Waals surface area contributed by atoms with Gasteiger partial charge in [0.2, 0.25) is 6.29 Å². The first kappa shape index (κ1) is 11.0. The Morgan fingerprint density at radius 3 is 2.69 bits per heavy atom. The first-order valence-corrected chi connectivity index (χ1v) is 5.24. The van der Waals surface area contributed by atoms with E-state index in [0.29, 0.717) is 24.7 Å². The Morgan fingerprint density at radius 2 is 2.06 bits per heavy atom. The number of imidazole rings is 1. The molecule has 6 nitrogen and oxygen atoms in total. The molecule has 16 heavy (non-hydrogen) atoms. The molecule has 0 saturated carbocycles. The number of aromatic nitrogens is 4. The molecule has 0 amide bonds. The van der Waals surface area contributed by atoms with Crippen LogP contribution >= 0.6 is 0 Å². The molecule has 2 aromatic heterocycles. The van der Waals surface area contributed by atoms with Crippen LogP contribution in [0, 0.1) is 0 Å². The van der Waals surface area contributed by atoms with Crippen LogP contribution in [0.4, 0.5) is 0 Å². The first-order valence-electron chi connectivity index (χ1n) is 5.24. The number of hydrogen-bond acceptors (Lipinski definition) is 5. The van der Waals surface area contributed by atoms with Crippen LogP contribution in [-0.2, 0) is 9.47 Å². The molecule has 1 N–H and O–H groups in total. The monoisotopic (exact) mass is 222 g/mol. The maximum absolute atomic E-state index is 5.43. The van der Waals surface area contributed by atoms with Crippen LogP contribution in [0.1, 0.15) is 26.0 Å². The molecular weight excluding hydrogens is 208 g/mol. The lowest BCUT2D eigenvalue weighted by atomic mass is 10.5. The van der Waals surface area contributed by atoms with Crippen molar-refractivity contribution in [3.05, 3.63) is 18.3 Å². The average Bonchev–Trinajstić information content (AvgIpc) is 2.72. The second-order valence-electron chi connectivity index (χ2n) is 3.12. The fourth-order valence-electron chi connectivity index (χ4n) is 1.40. The summed E-state index contributed by atoms with van der Waals surface area (Å²) in [5, 5.41) is 0. The van der Waals surface area contributed by atoms with Gasteiger partial charge in [0, 0.05) is 13.2 Å². The predicted octanol–water partition coefficient (Wildman–Crippen LogP) is 1.42. The van der Waals surface area contributed by atoms with E-state index in [4.69, 9.17) is 9.47 Å². The molecule has 0 fully saturated rings. The van der Waals surface area contributed by atoms with Gasteiger partial charge in [-0.1, -0.05) is 0 Å². The maximum Gasteiger partial charge on any atom is 0.217 e. The fraction of sp³-hybridized carbons (Fsp3) is 0.500. The average molecular weight is 222 g/mol. The van der Waals surface area contributed by atoms with Crippen molar-refractivity contribution in [3.63, 3.8) is 0 Å². The van der Waals surface area contributed by atoms with E-state index < -0.39 is 6.29 Å². The van der Waals surface area contributed by atoms with Crippen molar-refractivity contribution in [1.82, 2.24) is 19.9 Å². The van der Waals surface area contributed by atoms with Gasteiger partial charge in [-0.3, -0.25) is 0 Å². The van der Waals surface area contributed by atoms with Gasteiger partial charge < -0.3 is 14.5 Å². The summed E-state index contributed by atoms with van der Waals surface area (Å²) in [5.74, 6) is 0.624. The molecule has 2 heterocycles. The molecule has 0 spiro atoms. The van der Waals surface area contributed by atoms with Gasteiger partial charge in [0.15, 0.2) is 11.5 Å². The summed E-state index contributed by atoms with van der Waals surface area (Å²) in [6.07, 6.45) is 2.67. The van der Waals surface area contributed by atoms with Crippen LogP contribution in [0.25, 0.3) is 11.2 Å². The molecule has 0 saturated heterocycles. The quantitative estimate of drug-likeness (QED) is 0.774. The highest BCUT2D eigenvalue weighted by molar-refractivity contribution is 5.68. The first-order chi connectivity index (χ1) is 7.85. The number of nitrogens with zero attached hydrogens (tertiary/aromatic N) is 3. The van der Waals surface area contributed by atoms with E-state index >= 15 is 0 Å². The topological polar surface area (TPSA) is 72.9 Å². The van der Waals surface area contributed by atoms with E-state index in [1.165, 1.54) is 6.33 Å². The summed E-state index contributed by atoms with van der Waals surface area (Å²) in [4.78, 5) is 15.3. The Bertz CT molecular complexity index is 418. The van der Waals surface area contributed by atoms with Crippen LogP contribution in [0.2, 0.25) is 0 Å². The highest BCUT2D eigenvalue weighted by Gasteiger charge is 2.16. The maximum atomic E-state index is 5.43. The molecule has 86 valence electrons. The number of aromatic amines is 1. The third kappa shape index (κ3) is 2.17. The standard InChI is InChI=1S/C10H14N4O2/c1-3-15-10(16-4-2)9-13-7-5-11-6-12-8(7)14-9/h5-6,10H,3-4H2,1-2H3,(H,11,12,13,14). The van der Waals surface area contributed by atoms with Crippen LogP contribution in [-0.4, -0.2) is 33.1 Å². The lowest BCUT2D eigenvalue weighted by Crippen LogP contribution is -2.10. The SMILES string of the molecule is CCOC(OCC)c1nc2ncncc2[nH]1. The normalized spacial score (nSPS) is 11.4. The minimum Gasteiger partial charge on any atom is -0.346 e. The van der Waals surface area contributed by atoms with Crippen LogP contribution in [0.3, 0.4) is 0 Å². The van der Waals surface area contributed by atoms with Gasteiger partial charge in [0.25, 0.3) is 0 Å². The van der Waals surface area contributed by atoms with Crippen molar-refractivity contribution < 1.29 is 9.47 Å². The van der Waals surface area contributed by atoms with Gasteiger partial charge in [-0.2, -0.15) is 0 Å². The van der Waals surface area contributed by atoms with Crippen molar-refractivity contribution in [2.45, 2.75) is 20.1 Å². The summed E-state index contributed by atoms with van der Waals surface area (Å²) in [5.41, 5.74) is 1.40. The minimum atomic E-state index is -0.468. The van der Waals surface area contributed by atoms with E-state index in [9.17, 15) is 0 Å². The van der Waals surface area contributed by atoms with E-state index in [1.807, 2.05) is 13.8 Å². The summed E-state index contributed by atoms with van der Waals surface area (Å²) in [7, 11) is 0. The summed E-state index contributed by atoms with van der Waals surface area (Å²) in [6.45, 7) is 4.95. The molecule has 2 aromatic rings. The molecule has 0 radical (unpaired) electrons. The van der Waals surface area contributed by atoms with Gasteiger partial charge in [0.1, 0.15) is 11.8 Å². The second-order valence-corrected chi connectivity index (χ2v) is 3.12. The van der Waals surface area contributed by atoms with Crippen molar-refractivity contribution in [3.8, 4) is 0 Å². The minimum absolute atomic E-state index is 0.468. The lowest BCUT2D eigenvalue weighted by molar-refractivity contribution is -0.144. The molecule has 0 aromatic carbocycles. The fourth-order valence-corrected chi connectivity index (χ4v) is 1.40. The second kappa shape index (κ2) is 5.00. The number of fused-ring (bicyclic) bond motifs is 1. The van der Waals surface area contributed by atoms with Gasteiger partial charge in [0.05, 0.1) is 6.20 Å². The summed E-state index contributed by atoms with van der Waals surface area (Å²) in [6, 6.07) is 0. The van der Waals surface area contributed by atoms with Gasteiger partial charge in [-0.15, -0.1) is 0 Å². The third-order valence-corrected chi connectivity index (χ3v) is 2.04. The molecule has 0 atom stereocenters. The Kier molecular flexibility index (Phi) is 3.43. The Hall–Kier alpha value is -1.53. The van der Waals surface area contributed by atoms with E-state index in [2.05, 4.69) is 19.9 Å². The number of ether oxygens (including phenoxy) is 2. The van der Waals surface area contributed by atoms with E-state index in [-0.39, 0.29) is 0 Å². The number of rotatable bonds is 5. The smallest absolute Gasteiger partial charge is 0.217 e. The highest BCUT2D eigenvalue weighted by Crippen LogP contribution is 2.18. The zero-order valence-electron chi connectivity index (χ0n) is 9.30.